The third-order valence-electron chi connectivity index (χ3n) is 6.41. The Bertz CT molecular complexity index is 1580. The predicted octanol–water partition coefficient (Wildman–Crippen LogP) is 7.17. The monoisotopic (exact) mass is 534 g/mol. The summed E-state index contributed by atoms with van der Waals surface area (Å²) < 4.78 is 29.7. The molecule has 0 saturated carbocycles. The van der Waals surface area contributed by atoms with Crippen molar-refractivity contribution in [2.24, 2.45) is 0 Å². The molecule has 5 aromatic carbocycles. The van der Waals surface area contributed by atoms with Crippen LogP contribution in [0, 0.1) is 0 Å². The van der Waals surface area contributed by atoms with E-state index in [1.54, 1.807) is 12.2 Å². The highest BCUT2D eigenvalue weighted by molar-refractivity contribution is 7.85. The van der Waals surface area contributed by atoms with Crippen molar-refractivity contribution in [1.82, 2.24) is 0 Å². The maximum Gasteiger partial charge on any atom is 0.171 e. The molecule has 5 rings (SSSR count). The molecule has 0 aliphatic heterocycles. The van der Waals surface area contributed by atoms with E-state index in [0.29, 0.717) is 6.16 Å². The van der Waals surface area contributed by atoms with Gasteiger partial charge in [-0.25, -0.2) is 0 Å². The third kappa shape index (κ3) is 5.16. The van der Waals surface area contributed by atoms with E-state index in [4.69, 9.17) is 0 Å². The molecule has 0 spiro atoms. The van der Waals surface area contributed by atoms with E-state index in [2.05, 4.69) is 13.2 Å². The van der Waals surface area contributed by atoms with Gasteiger partial charge in [0.25, 0.3) is 0 Å². The average molecular weight is 535 g/mol. The van der Waals surface area contributed by atoms with Crippen molar-refractivity contribution >= 4 is 51.6 Å². The van der Waals surface area contributed by atoms with Crippen LogP contribution in [0.1, 0.15) is 6.92 Å². The summed E-state index contributed by atoms with van der Waals surface area (Å²) >= 11 is 0. The molecule has 4 heteroatoms. The molecule has 1 atom stereocenters. The molecule has 0 fully saturated rings. The van der Waals surface area contributed by atoms with Crippen LogP contribution in [0.25, 0.3) is 10.8 Å². The third-order valence-corrected chi connectivity index (χ3v) is 12.6. The highest BCUT2D eigenvalue weighted by atomic mass is 31.2. The summed E-state index contributed by atoms with van der Waals surface area (Å²) in [5.41, 5.74) is 0. The fourth-order valence-corrected chi connectivity index (χ4v) is 10.2. The summed E-state index contributed by atoms with van der Waals surface area (Å²) in [5, 5.41) is 5.62. The number of hydrogen-bond acceptors (Lipinski definition) is 2. The second-order valence-electron chi connectivity index (χ2n) is 8.88. The van der Waals surface area contributed by atoms with Crippen molar-refractivity contribution in [3.05, 3.63) is 153 Å². The van der Waals surface area contributed by atoms with Crippen molar-refractivity contribution in [3.63, 3.8) is 0 Å². The van der Waals surface area contributed by atoms with Crippen LogP contribution in [-0.4, -0.2) is 6.16 Å². The minimum absolute atomic E-state index is 0.357. The molecule has 0 heterocycles. The van der Waals surface area contributed by atoms with Gasteiger partial charge in [0.15, 0.2) is 7.14 Å². The summed E-state index contributed by atoms with van der Waals surface area (Å²) in [6.45, 7) is 9.15. The van der Waals surface area contributed by atoms with Gasteiger partial charge in [-0.15, -0.1) is 13.2 Å². The van der Waals surface area contributed by atoms with E-state index >= 15 is 4.57 Å². The molecule has 0 saturated heterocycles. The van der Waals surface area contributed by atoms with Gasteiger partial charge in [0.1, 0.15) is 7.14 Å². The molecule has 0 N–H and O–H groups in total. The van der Waals surface area contributed by atoms with E-state index in [-0.39, 0.29) is 0 Å². The first kappa shape index (κ1) is 27.3. The van der Waals surface area contributed by atoms with E-state index in [1.165, 1.54) is 0 Å². The molecule has 0 amide bonds. The Labute approximate surface area is 226 Å². The highest BCUT2D eigenvalue weighted by Crippen LogP contribution is 2.48. The lowest BCUT2D eigenvalue weighted by Crippen LogP contribution is -2.27. The molecule has 0 aromatic heterocycles. The smallest absolute Gasteiger partial charge is 0.171 e. The van der Waals surface area contributed by atoms with Crippen molar-refractivity contribution in [2.75, 3.05) is 6.16 Å². The second kappa shape index (κ2) is 12.2. The lowest BCUT2D eigenvalue weighted by Gasteiger charge is -2.25. The highest BCUT2D eigenvalue weighted by Gasteiger charge is 2.34. The lowest BCUT2D eigenvalue weighted by atomic mass is 10.1. The molecule has 0 aliphatic rings. The van der Waals surface area contributed by atoms with Crippen molar-refractivity contribution in [1.29, 1.82) is 0 Å². The van der Waals surface area contributed by atoms with Gasteiger partial charge in [-0.05, 0) is 29.8 Å². The van der Waals surface area contributed by atoms with Gasteiger partial charge in [-0.3, -0.25) is 0 Å². The summed E-state index contributed by atoms with van der Waals surface area (Å²) in [6.07, 6.45) is 3.84. The number of allylic oxidation sites excluding steroid dienone is 2. The van der Waals surface area contributed by atoms with E-state index < -0.39 is 14.3 Å². The molecule has 0 aliphatic carbocycles. The van der Waals surface area contributed by atoms with Crippen LogP contribution in [0.5, 0.6) is 0 Å². The normalized spacial score (nSPS) is 12.6. The van der Waals surface area contributed by atoms with Gasteiger partial charge in [0.2, 0.25) is 0 Å². The summed E-state index contributed by atoms with van der Waals surface area (Å²) in [7, 11) is -6.18. The number of rotatable bonds is 7. The molecule has 1 unspecified atom stereocenters. The molecule has 0 bridgehead atoms. The van der Waals surface area contributed by atoms with Crippen LogP contribution in [0.4, 0.5) is 0 Å². The Morgan fingerprint density at radius 1 is 0.553 bits per heavy atom. The fraction of sp³-hybridized carbons (Fsp3) is 0.0588. The Morgan fingerprint density at radius 3 is 1.37 bits per heavy atom. The fourth-order valence-electron chi connectivity index (χ4n) is 4.75. The Balaban J connectivity index is 0.00000107. The van der Waals surface area contributed by atoms with E-state index in [1.807, 2.05) is 134 Å². The molecule has 190 valence electrons. The molecule has 5 aromatic rings. The van der Waals surface area contributed by atoms with Crippen LogP contribution in [0.2, 0.25) is 0 Å². The Hall–Kier alpha value is -3.70. The van der Waals surface area contributed by atoms with Crippen LogP contribution < -0.4 is 26.5 Å². The lowest BCUT2D eigenvalue weighted by molar-refractivity contribution is 0.588. The molecule has 2 nitrogen and oxygen atoms in total. The largest absolute Gasteiger partial charge is 0.313 e. The first-order valence-corrected chi connectivity index (χ1v) is 16.2. The quantitative estimate of drug-likeness (QED) is 0.164. The van der Waals surface area contributed by atoms with E-state index in [9.17, 15) is 4.57 Å². The van der Waals surface area contributed by atoms with E-state index in [0.717, 1.165) is 37.3 Å². The first-order valence-electron chi connectivity index (χ1n) is 12.6. The zero-order chi connectivity index (χ0) is 27.0. The van der Waals surface area contributed by atoms with Gasteiger partial charge < -0.3 is 9.13 Å². The Morgan fingerprint density at radius 2 is 0.921 bits per heavy atom. The molecular formula is C34H32O2P2. The standard InChI is InChI=1S/C31H26O2P2.C3H6/c1-2-24-34(32,25-14-6-3-7-15-25)30-22-23-31(29-21-13-12-20-28(29)30)35(33,26-16-8-4-9-17-26)27-18-10-5-11-19-27;1-3-2/h2-23H,1,24H2;3H,1H2,2H3. The molecular weight excluding hydrogens is 502 g/mol. The predicted molar refractivity (Wildman–Crippen MR) is 168 cm³/mol. The Kier molecular flexibility index (Phi) is 8.80. The number of hydrogen-bond donors (Lipinski definition) is 0. The zero-order valence-corrected chi connectivity index (χ0v) is 23.4. The van der Waals surface area contributed by atoms with Gasteiger partial charge >= 0.3 is 0 Å². The second-order valence-corrected chi connectivity index (χ2v) is 14.5. The molecule has 0 radical (unpaired) electrons. The summed E-state index contributed by atoms with van der Waals surface area (Å²) in [5.74, 6) is 0. The van der Waals surface area contributed by atoms with Crippen molar-refractivity contribution in [3.8, 4) is 0 Å². The van der Waals surface area contributed by atoms with Gasteiger partial charge in [0.05, 0.1) is 0 Å². The minimum atomic E-state index is -3.19. The topological polar surface area (TPSA) is 34.1 Å². The SMILES string of the molecule is C=CC.C=CCP(=O)(c1ccccc1)c1ccc(P(=O)(c2ccccc2)c2ccccc2)c2ccccc12. The summed E-state index contributed by atoms with van der Waals surface area (Å²) in [4.78, 5) is 0. The number of fused-ring (bicyclic) bond motifs is 1. The van der Waals surface area contributed by atoms with Crippen molar-refractivity contribution < 1.29 is 9.13 Å². The van der Waals surface area contributed by atoms with Crippen LogP contribution in [0.3, 0.4) is 0 Å². The number of benzene rings is 5. The van der Waals surface area contributed by atoms with Gasteiger partial charge in [-0.2, -0.15) is 0 Å². The van der Waals surface area contributed by atoms with Crippen LogP contribution >= 0.6 is 14.3 Å². The molecule has 38 heavy (non-hydrogen) atoms. The minimum Gasteiger partial charge on any atom is -0.313 e. The van der Waals surface area contributed by atoms with Gasteiger partial charge in [-0.1, -0.05) is 127 Å². The van der Waals surface area contributed by atoms with Crippen molar-refractivity contribution in [2.45, 2.75) is 6.92 Å². The zero-order valence-electron chi connectivity index (χ0n) is 21.6. The van der Waals surface area contributed by atoms with Crippen LogP contribution in [-0.2, 0) is 9.13 Å². The summed E-state index contributed by atoms with van der Waals surface area (Å²) in [6, 6.07) is 40.7. The van der Waals surface area contributed by atoms with Crippen LogP contribution in [0.15, 0.2) is 153 Å². The first-order chi connectivity index (χ1) is 18.5. The maximum absolute atomic E-state index is 15.1. The maximum atomic E-state index is 15.1. The van der Waals surface area contributed by atoms with Gasteiger partial charge in [0, 0.05) is 32.7 Å². The average Bonchev–Trinajstić information content (AvgIpc) is 2.98.